The van der Waals surface area contributed by atoms with E-state index in [9.17, 15) is 19.3 Å². The van der Waals surface area contributed by atoms with Crippen molar-refractivity contribution in [3.05, 3.63) is 74.6 Å². The summed E-state index contributed by atoms with van der Waals surface area (Å²) in [7, 11) is 1.31. The van der Waals surface area contributed by atoms with Crippen LogP contribution in [0.3, 0.4) is 0 Å². The lowest BCUT2D eigenvalue weighted by Crippen LogP contribution is -2.21. The molecule has 0 bridgehead atoms. The van der Waals surface area contributed by atoms with Gasteiger partial charge in [0.25, 0.3) is 11.2 Å². The maximum absolute atomic E-state index is 13.7. The molecule has 3 rings (SSSR count). The van der Waals surface area contributed by atoms with Crippen molar-refractivity contribution < 1.29 is 14.1 Å². The SMILES string of the molecule is COc1cc2c(=O)n(Cc3cccc([N+](=O)[O-])c3)cnc2cc1F. The van der Waals surface area contributed by atoms with Crippen LogP contribution in [-0.2, 0) is 6.54 Å². The van der Waals surface area contributed by atoms with Gasteiger partial charge in [0.15, 0.2) is 11.6 Å². The molecule has 0 aliphatic rings. The third kappa shape index (κ3) is 2.81. The lowest BCUT2D eigenvalue weighted by atomic mass is 10.2. The van der Waals surface area contributed by atoms with Crippen molar-refractivity contribution in [2.75, 3.05) is 7.11 Å². The second-order valence-electron chi connectivity index (χ2n) is 5.11. The minimum Gasteiger partial charge on any atom is -0.494 e. The smallest absolute Gasteiger partial charge is 0.269 e. The van der Waals surface area contributed by atoms with Gasteiger partial charge in [-0.05, 0) is 11.6 Å². The number of benzene rings is 2. The van der Waals surface area contributed by atoms with Gasteiger partial charge in [0, 0.05) is 18.2 Å². The molecule has 0 spiro atoms. The molecule has 0 saturated heterocycles. The molecule has 0 amide bonds. The van der Waals surface area contributed by atoms with E-state index in [1.165, 1.54) is 36.2 Å². The van der Waals surface area contributed by atoms with E-state index >= 15 is 0 Å². The molecule has 8 heteroatoms. The van der Waals surface area contributed by atoms with E-state index in [-0.39, 0.29) is 34.4 Å². The predicted molar refractivity (Wildman–Crippen MR) is 84.7 cm³/mol. The first kappa shape index (κ1) is 15.6. The van der Waals surface area contributed by atoms with E-state index in [2.05, 4.69) is 4.98 Å². The monoisotopic (exact) mass is 329 g/mol. The van der Waals surface area contributed by atoms with E-state index in [4.69, 9.17) is 4.74 Å². The van der Waals surface area contributed by atoms with Gasteiger partial charge in [-0.25, -0.2) is 9.37 Å². The molecule has 122 valence electrons. The molecule has 0 aliphatic carbocycles. The summed E-state index contributed by atoms with van der Waals surface area (Å²) in [4.78, 5) is 26.9. The number of ether oxygens (including phenoxy) is 1. The quantitative estimate of drug-likeness (QED) is 0.542. The maximum Gasteiger partial charge on any atom is 0.269 e. The summed E-state index contributed by atoms with van der Waals surface area (Å²) in [6, 6.07) is 8.41. The molecule has 0 aliphatic heterocycles. The molecule has 0 unspecified atom stereocenters. The Labute approximate surface area is 135 Å². The number of nitro benzene ring substituents is 1. The standard InChI is InChI=1S/C16H12FN3O4/c1-24-15-6-12-14(7-13(15)17)18-9-19(16(12)21)8-10-3-2-4-11(5-10)20(22)23/h2-7,9H,8H2,1H3. The third-order valence-corrected chi connectivity index (χ3v) is 3.57. The Balaban J connectivity index is 2.06. The average molecular weight is 329 g/mol. The molecular formula is C16H12FN3O4. The van der Waals surface area contributed by atoms with Gasteiger partial charge >= 0.3 is 0 Å². The van der Waals surface area contributed by atoms with Crippen molar-refractivity contribution >= 4 is 16.6 Å². The number of hydrogen-bond acceptors (Lipinski definition) is 5. The van der Waals surface area contributed by atoms with Crippen molar-refractivity contribution in [3.8, 4) is 5.75 Å². The van der Waals surface area contributed by atoms with E-state index in [1.54, 1.807) is 12.1 Å². The zero-order valence-electron chi connectivity index (χ0n) is 12.6. The van der Waals surface area contributed by atoms with Crippen LogP contribution in [-0.4, -0.2) is 21.6 Å². The van der Waals surface area contributed by atoms with Crippen LogP contribution in [0.25, 0.3) is 10.9 Å². The topological polar surface area (TPSA) is 87.3 Å². The molecule has 7 nitrogen and oxygen atoms in total. The summed E-state index contributed by atoms with van der Waals surface area (Å²) in [5.41, 5.74) is 0.359. The summed E-state index contributed by atoms with van der Waals surface area (Å²) in [6.45, 7) is 0.114. The largest absolute Gasteiger partial charge is 0.494 e. The van der Waals surface area contributed by atoms with Gasteiger partial charge in [0.2, 0.25) is 0 Å². The highest BCUT2D eigenvalue weighted by molar-refractivity contribution is 5.79. The predicted octanol–water partition coefficient (Wildman–Crippen LogP) is 2.50. The first-order chi connectivity index (χ1) is 11.5. The van der Waals surface area contributed by atoms with E-state index < -0.39 is 10.7 Å². The van der Waals surface area contributed by atoms with Gasteiger partial charge in [0.1, 0.15) is 0 Å². The van der Waals surface area contributed by atoms with E-state index in [1.807, 2.05) is 0 Å². The highest BCUT2D eigenvalue weighted by atomic mass is 19.1. The summed E-state index contributed by atoms with van der Waals surface area (Å²) in [6.07, 6.45) is 1.29. The van der Waals surface area contributed by atoms with E-state index in [0.29, 0.717) is 5.56 Å². The fraction of sp³-hybridized carbons (Fsp3) is 0.125. The van der Waals surface area contributed by atoms with Crippen molar-refractivity contribution in [1.29, 1.82) is 0 Å². The average Bonchev–Trinajstić information content (AvgIpc) is 2.57. The van der Waals surface area contributed by atoms with E-state index in [0.717, 1.165) is 6.07 Å². The Hall–Kier alpha value is -3.29. The molecule has 0 radical (unpaired) electrons. The number of fused-ring (bicyclic) bond motifs is 1. The number of hydrogen-bond donors (Lipinski definition) is 0. The Kier molecular flexibility index (Phi) is 3.95. The van der Waals surface area contributed by atoms with Crippen LogP contribution in [0.5, 0.6) is 5.75 Å². The van der Waals surface area contributed by atoms with Crippen molar-refractivity contribution in [1.82, 2.24) is 9.55 Å². The molecule has 0 atom stereocenters. The molecule has 3 aromatic rings. The normalized spacial score (nSPS) is 10.8. The zero-order valence-corrected chi connectivity index (χ0v) is 12.6. The number of rotatable bonds is 4. The van der Waals surface area contributed by atoms with Gasteiger partial charge in [-0.1, -0.05) is 12.1 Å². The Morgan fingerprint density at radius 1 is 1.33 bits per heavy atom. The Morgan fingerprint density at radius 2 is 2.12 bits per heavy atom. The van der Waals surface area contributed by atoms with Crippen LogP contribution in [0.15, 0.2) is 47.5 Å². The third-order valence-electron chi connectivity index (χ3n) is 3.57. The van der Waals surface area contributed by atoms with Gasteiger partial charge in [0.05, 0.1) is 35.8 Å². The Morgan fingerprint density at radius 3 is 2.83 bits per heavy atom. The van der Waals surface area contributed by atoms with Crippen molar-refractivity contribution in [2.24, 2.45) is 0 Å². The fourth-order valence-corrected chi connectivity index (χ4v) is 2.39. The number of methoxy groups -OCH3 is 1. The van der Waals surface area contributed by atoms with Crippen LogP contribution in [0.4, 0.5) is 10.1 Å². The molecule has 0 saturated carbocycles. The molecule has 24 heavy (non-hydrogen) atoms. The van der Waals surface area contributed by atoms with Crippen LogP contribution in [0, 0.1) is 15.9 Å². The van der Waals surface area contributed by atoms with Gasteiger partial charge < -0.3 is 4.74 Å². The number of aromatic nitrogens is 2. The highest BCUT2D eigenvalue weighted by Crippen LogP contribution is 2.21. The molecule has 2 aromatic carbocycles. The van der Waals surface area contributed by atoms with Crippen LogP contribution in [0.1, 0.15) is 5.56 Å². The molecular weight excluding hydrogens is 317 g/mol. The van der Waals surface area contributed by atoms with Crippen LogP contribution in [0.2, 0.25) is 0 Å². The number of non-ortho nitro benzene ring substituents is 1. The summed E-state index contributed by atoms with van der Waals surface area (Å²) < 4.78 is 19.9. The second kappa shape index (κ2) is 6.07. The highest BCUT2D eigenvalue weighted by Gasteiger charge is 2.12. The zero-order chi connectivity index (χ0) is 17.3. The fourth-order valence-electron chi connectivity index (χ4n) is 2.39. The molecule has 0 fully saturated rings. The van der Waals surface area contributed by atoms with Gasteiger partial charge in [-0.2, -0.15) is 0 Å². The number of nitrogens with zero attached hydrogens (tertiary/aromatic N) is 3. The molecule has 1 aromatic heterocycles. The van der Waals surface area contributed by atoms with Crippen LogP contribution >= 0.6 is 0 Å². The Bertz CT molecular complexity index is 1000. The van der Waals surface area contributed by atoms with Crippen LogP contribution < -0.4 is 10.3 Å². The van der Waals surface area contributed by atoms with Gasteiger partial charge in [-0.3, -0.25) is 19.5 Å². The van der Waals surface area contributed by atoms with Gasteiger partial charge in [-0.15, -0.1) is 0 Å². The lowest BCUT2D eigenvalue weighted by molar-refractivity contribution is -0.384. The maximum atomic E-state index is 13.7. The first-order valence-corrected chi connectivity index (χ1v) is 6.95. The lowest BCUT2D eigenvalue weighted by Gasteiger charge is -2.08. The number of halogens is 1. The first-order valence-electron chi connectivity index (χ1n) is 6.95. The molecule has 0 N–H and O–H groups in total. The number of nitro groups is 1. The minimum atomic E-state index is -0.603. The van der Waals surface area contributed by atoms with Crippen molar-refractivity contribution in [3.63, 3.8) is 0 Å². The second-order valence-corrected chi connectivity index (χ2v) is 5.11. The summed E-state index contributed by atoms with van der Waals surface area (Å²) in [5.74, 6) is -0.650. The summed E-state index contributed by atoms with van der Waals surface area (Å²) in [5, 5.41) is 11.0. The molecule has 1 heterocycles. The minimum absolute atomic E-state index is 0.0468. The summed E-state index contributed by atoms with van der Waals surface area (Å²) >= 11 is 0. The van der Waals surface area contributed by atoms with Crippen molar-refractivity contribution in [2.45, 2.75) is 6.54 Å².